The molecule has 126 valence electrons. The van der Waals surface area contributed by atoms with Gasteiger partial charge in [0.1, 0.15) is 0 Å². The first-order valence-corrected chi connectivity index (χ1v) is 8.04. The van der Waals surface area contributed by atoms with E-state index >= 15 is 0 Å². The number of nitrogens with one attached hydrogen (secondary N) is 2. The lowest BCUT2D eigenvalue weighted by Gasteiger charge is -2.16. The Kier molecular flexibility index (Phi) is 4.75. The molecule has 0 spiro atoms. The number of hydrogen-bond donors (Lipinski definition) is 2. The van der Waals surface area contributed by atoms with Gasteiger partial charge >= 0.3 is 0 Å². The van der Waals surface area contributed by atoms with Gasteiger partial charge in [-0.05, 0) is 54.0 Å². The highest BCUT2D eigenvalue weighted by Gasteiger charge is 2.15. The topological polar surface area (TPSA) is 75.3 Å². The summed E-state index contributed by atoms with van der Waals surface area (Å²) in [6, 6.07) is 12.6. The number of anilines is 2. The molecule has 1 aliphatic heterocycles. The lowest BCUT2D eigenvalue weighted by molar-refractivity contribution is -0.116. The van der Waals surface area contributed by atoms with E-state index in [2.05, 4.69) is 10.6 Å². The van der Waals surface area contributed by atoms with E-state index in [1.807, 2.05) is 18.2 Å². The van der Waals surface area contributed by atoms with Crippen LogP contribution in [0.3, 0.4) is 0 Å². The molecule has 2 aromatic carbocycles. The van der Waals surface area contributed by atoms with E-state index in [1.165, 1.54) is 13.0 Å². The van der Waals surface area contributed by atoms with Crippen LogP contribution in [0.1, 0.15) is 34.8 Å². The first-order valence-electron chi connectivity index (χ1n) is 8.04. The molecular formula is C20H18N2O3. The van der Waals surface area contributed by atoms with Crippen LogP contribution in [0.4, 0.5) is 11.4 Å². The van der Waals surface area contributed by atoms with Gasteiger partial charge in [0.15, 0.2) is 5.78 Å². The van der Waals surface area contributed by atoms with Crippen molar-refractivity contribution in [1.82, 2.24) is 0 Å². The van der Waals surface area contributed by atoms with Gasteiger partial charge in [0.05, 0.1) is 0 Å². The van der Waals surface area contributed by atoms with Crippen LogP contribution in [0.15, 0.2) is 48.5 Å². The molecule has 25 heavy (non-hydrogen) atoms. The zero-order chi connectivity index (χ0) is 17.8. The summed E-state index contributed by atoms with van der Waals surface area (Å²) < 4.78 is 0. The summed E-state index contributed by atoms with van der Waals surface area (Å²) in [6.07, 6.45) is 4.36. The Balaban J connectivity index is 1.70. The summed E-state index contributed by atoms with van der Waals surface area (Å²) in [4.78, 5) is 34.7. The molecule has 3 rings (SSSR count). The Hall–Kier alpha value is -3.21. The van der Waals surface area contributed by atoms with Gasteiger partial charge in [0, 0.05) is 30.3 Å². The van der Waals surface area contributed by atoms with E-state index in [9.17, 15) is 14.4 Å². The van der Waals surface area contributed by atoms with E-state index in [0.29, 0.717) is 24.1 Å². The molecule has 0 saturated carbocycles. The maximum absolute atomic E-state index is 12.3. The van der Waals surface area contributed by atoms with Crippen LogP contribution in [-0.4, -0.2) is 17.6 Å². The zero-order valence-electron chi connectivity index (χ0n) is 13.8. The summed E-state index contributed by atoms with van der Waals surface area (Å²) in [5.41, 5.74) is 3.95. The first-order chi connectivity index (χ1) is 12.0. The second-order valence-electron chi connectivity index (χ2n) is 5.92. The average molecular weight is 334 g/mol. The van der Waals surface area contributed by atoms with Crippen LogP contribution in [0.25, 0.3) is 6.08 Å². The van der Waals surface area contributed by atoms with Crippen molar-refractivity contribution in [2.75, 3.05) is 10.6 Å². The van der Waals surface area contributed by atoms with Crippen molar-refractivity contribution in [1.29, 1.82) is 0 Å². The number of ketones is 1. The molecule has 1 heterocycles. The van der Waals surface area contributed by atoms with Gasteiger partial charge in [0.25, 0.3) is 0 Å². The summed E-state index contributed by atoms with van der Waals surface area (Å²) in [7, 11) is 0. The Labute approximate surface area is 145 Å². The lowest BCUT2D eigenvalue weighted by Crippen LogP contribution is -2.19. The predicted molar refractivity (Wildman–Crippen MR) is 97.5 cm³/mol. The van der Waals surface area contributed by atoms with Gasteiger partial charge in [0.2, 0.25) is 11.8 Å². The van der Waals surface area contributed by atoms with Crippen molar-refractivity contribution < 1.29 is 14.4 Å². The molecule has 0 fully saturated rings. The molecule has 0 radical (unpaired) electrons. The van der Waals surface area contributed by atoms with Crippen molar-refractivity contribution >= 4 is 35.0 Å². The number of aryl methyl sites for hydroxylation is 1. The number of carbonyl (C=O) groups is 3. The highest BCUT2D eigenvalue weighted by atomic mass is 16.2. The number of allylic oxidation sites excluding steroid dienone is 1. The van der Waals surface area contributed by atoms with Gasteiger partial charge in [-0.1, -0.05) is 18.2 Å². The number of amides is 2. The van der Waals surface area contributed by atoms with E-state index in [1.54, 1.807) is 30.3 Å². The number of benzene rings is 2. The number of fused-ring (bicyclic) bond motifs is 1. The minimum atomic E-state index is -0.123. The normalized spacial score (nSPS) is 13.2. The molecule has 2 N–H and O–H groups in total. The van der Waals surface area contributed by atoms with E-state index in [4.69, 9.17) is 0 Å². The van der Waals surface area contributed by atoms with Crippen LogP contribution in [-0.2, 0) is 16.0 Å². The van der Waals surface area contributed by atoms with E-state index in [0.717, 1.165) is 16.8 Å². The number of rotatable bonds is 4. The molecule has 0 aliphatic carbocycles. The SMILES string of the molecule is CC(=O)Nc1ccc(C=CC(=O)c2ccc3c(c2)CCC(=O)N3)cc1. The van der Waals surface area contributed by atoms with Gasteiger partial charge in [-0.3, -0.25) is 14.4 Å². The second-order valence-corrected chi connectivity index (χ2v) is 5.92. The molecular weight excluding hydrogens is 316 g/mol. The summed E-state index contributed by atoms with van der Waals surface area (Å²) >= 11 is 0. The third kappa shape index (κ3) is 4.20. The van der Waals surface area contributed by atoms with Gasteiger partial charge < -0.3 is 10.6 Å². The zero-order valence-corrected chi connectivity index (χ0v) is 13.8. The standard InChI is InChI=1S/C20H18N2O3/c1-13(23)21-17-7-2-14(3-8-17)4-10-19(24)16-5-9-18-15(12-16)6-11-20(25)22-18/h2-5,7-10,12H,6,11H2,1H3,(H,21,23)(H,22,25). The molecule has 0 atom stereocenters. The summed E-state index contributed by atoms with van der Waals surface area (Å²) in [5, 5.41) is 5.50. The fourth-order valence-electron chi connectivity index (χ4n) is 2.69. The molecule has 1 aliphatic rings. The Morgan fingerprint density at radius 2 is 1.84 bits per heavy atom. The van der Waals surface area contributed by atoms with Crippen LogP contribution < -0.4 is 10.6 Å². The average Bonchev–Trinajstić information content (AvgIpc) is 2.60. The minimum absolute atomic E-state index is 0.00850. The molecule has 2 amide bonds. The summed E-state index contributed by atoms with van der Waals surface area (Å²) in [6.45, 7) is 1.45. The quantitative estimate of drug-likeness (QED) is 0.664. The third-order valence-electron chi connectivity index (χ3n) is 3.94. The second kappa shape index (κ2) is 7.13. The third-order valence-corrected chi connectivity index (χ3v) is 3.94. The number of carbonyl (C=O) groups excluding carboxylic acids is 3. The summed E-state index contributed by atoms with van der Waals surface area (Å²) in [5.74, 6) is -0.207. The van der Waals surface area contributed by atoms with Gasteiger partial charge in [-0.15, -0.1) is 0 Å². The van der Waals surface area contributed by atoms with Crippen LogP contribution in [0, 0.1) is 0 Å². The maximum Gasteiger partial charge on any atom is 0.224 e. The van der Waals surface area contributed by atoms with Crippen LogP contribution in [0.5, 0.6) is 0 Å². The minimum Gasteiger partial charge on any atom is -0.326 e. The highest BCUT2D eigenvalue weighted by molar-refractivity contribution is 6.07. The van der Waals surface area contributed by atoms with Crippen LogP contribution >= 0.6 is 0 Å². The highest BCUT2D eigenvalue weighted by Crippen LogP contribution is 2.24. The maximum atomic E-state index is 12.3. The fourth-order valence-corrected chi connectivity index (χ4v) is 2.69. The van der Waals surface area contributed by atoms with Crippen molar-refractivity contribution in [3.63, 3.8) is 0 Å². The van der Waals surface area contributed by atoms with Crippen molar-refractivity contribution in [3.8, 4) is 0 Å². The molecule has 5 heteroatoms. The van der Waals surface area contributed by atoms with Gasteiger partial charge in [-0.25, -0.2) is 0 Å². The molecule has 0 aromatic heterocycles. The smallest absolute Gasteiger partial charge is 0.224 e. The van der Waals surface area contributed by atoms with Crippen molar-refractivity contribution in [2.45, 2.75) is 19.8 Å². The monoisotopic (exact) mass is 334 g/mol. The Morgan fingerprint density at radius 1 is 1.08 bits per heavy atom. The molecule has 2 aromatic rings. The first kappa shape index (κ1) is 16.6. The Bertz CT molecular complexity index is 867. The lowest BCUT2D eigenvalue weighted by atomic mass is 9.98. The van der Waals surface area contributed by atoms with Gasteiger partial charge in [-0.2, -0.15) is 0 Å². The van der Waals surface area contributed by atoms with E-state index < -0.39 is 0 Å². The van der Waals surface area contributed by atoms with Crippen LogP contribution in [0.2, 0.25) is 0 Å². The molecule has 0 bridgehead atoms. The number of hydrogen-bond acceptors (Lipinski definition) is 3. The Morgan fingerprint density at radius 3 is 2.56 bits per heavy atom. The molecule has 0 saturated heterocycles. The fraction of sp³-hybridized carbons (Fsp3) is 0.150. The van der Waals surface area contributed by atoms with E-state index in [-0.39, 0.29) is 17.6 Å². The largest absolute Gasteiger partial charge is 0.326 e. The molecule has 0 unspecified atom stereocenters. The predicted octanol–water partition coefficient (Wildman–Crippen LogP) is 3.43. The van der Waals surface area contributed by atoms with Crippen molar-refractivity contribution in [3.05, 3.63) is 65.2 Å². The molecule has 5 nitrogen and oxygen atoms in total. The van der Waals surface area contributed by atoms with Crippen molar-refractivity contribution in [2.24, 2.45) is 0 Å².